The number of hydrogen-bond donors (Lipinski definition) is 2. The van der Waals surface area contributed by atoms with E-state index < -0.39 is 0 Å². The van der Waals surface area contributed by atoms with Crippen molar-refractivity contribution in [3.05, 3.63) is 0 Å². The average molecular weight is 208 g/mol. The number of carbonyl (C=O) groups excluding carboxylic acids is 1. The summed E-state index contributed by atoms with van der Waals surface area (Å²) in [5.74, 6) is 1.49. The van der Waals surface area contributed by atoms with Gasteiger partial charge in [-0.25, -0.2) is 0 Å². The fourth-order valence-corrected chi connectivity index (χ4v) is 2.89. The average Bonchev–Trinajstić information content (AvgIpc) is 3.14. The van der Waals surface area contributed by atoms with Crippen molar-refractivity contribution in [1.82, 2.24) is 10.6 Å². The predicted octanol–water partition coefficient (Wildman–Crippen LogP) is 0.902. The Morgan fingerprint density at radius 2 is 2.07 bits per heavy atom. The molecule has 2 aliphatic carbocycles. The molecule has 84 valence electrons. The third kappa shape index (κ3) is 1.89. The van der Waals surface area contributed by atoms with Crippen LogP contribution in [0.15, 0.2) is 0 Å². The zero-order chi connectivity index (χ0) is 10.3. The fraction of sp³-hybridized carbons (Fsp3) is 0.917. The Balaban J connectivity index is 1.48. The largest absolute Gasteiger partial charge is 0.356 e. The minimum Gasteiger partial charge on any atom is -0.356 e. The van der Waals surface area contributed by atoms with E-state index in [-0.39, 0.29) is 0 Å². The molecule has 1 saturated heterocycles. The summed E-state index contributed by atoms with van der Waals surface area (Å²) in [5, 5.41) is 6.49. The summed E-state index contributed by atoms with van der Waals surface area (Å²) < 4.78 is 0. The van der Waals surface area contributed by atoms with Crippen molar-refractivity contribution in [2.45, 2.75) is 32.1 Å². The molecular formula is C12H20N2O. The van der Waals surface area contributed by atoms with Crippen molar-refractivity contribution >= 4 is 5.91 Å². The minimum absolute atomic E-state index is 0.337. The summed E-state index contributed by atoms with van der Waals surface area (Å²) in [6, 6.07) is 0. The van der Waals surface area contributed by atoms with Crippen LogP contribution < -0.4 is 10.6 Å². The van der Waals surface area contributed by atoms with Crippen molar-refractivity contribution in [3.8, 4) is 0 Å². The Labute approximate surface area is 91.0 Å². The minimum atomic E-state index is 0.337. The molecule has 0 bridgehead atoms. The second-order valence-electron chi connectivity index (χ2n) is 5.56. The number of carbonyl (C=O) groups is 1. The summed E-state index contributed by atoms with van der Waals surface area (Å²) in [6.07, 6.45) is 6.19. The van der Waals surface area contributed by atoms with Gasteiger partial charge in [0.1, 0.15) is 0 Å². The van der Waals surface area contributed by atoms with Crippen LogP contribution in [0.2, 0.25) is 0 Å². The molecule has 1 unspecified atom stereocenters. The van der Waals surface area contributed by atoms with Crippen LogP contribution in [0.3, 0.4) is 0 Å². The van der Waals surface area contributed by atoms with E-state index in [2.05, 4.69) is 10.6 Å². The lowest BCUT2D eigenvalue weighted by Crippen LogP contribution is -2.34. The molecule has 3 rings (SSSR count). The van der Waals surface area contributed by atoms with E-state index in [0.717, 1.165) is 32.0 Å². The highest BCUT2D eigenvalue weighted by atomic mass is 16.2. The Hall–Kier alpha value is -0.570. The van der Waals surface area contributed by atoms with Gasteiger partial charge in [-0.1, -0.05) is 0 Å². The standard InChI is InChI=1S/C12H20N2O/c15-11(14-8-9-1-2-9)10-7-12(10)3-5-13-6-4-12/h9-10,13H,1-8H2,(H,14,15). The Bertz CT molecular complexity index is 267. The molecule has 3 heteroatoms. The van der Waals surface area contributed by atoms with Crippen molar-refractivity contribution in [2.24, 2.45) is 17.3 Å². The molecule has 2 N–H and O–H groups in total. The number of nitrogens with one attached hydrogen (secondary N) is 2. The predicted molar refractivity (Wildman–Crippen MR) is 58.4 cm³/mol. The smallest absolute Gasteiger partial charge is 0.223 e. The number of hydrogen-bond acceptors (Lipinski definition) is 2. The summed E-state index contributed by atoms with van der Waals surface area (Å²) in [7, 11) is 0. The second kappa shape index (κ2) is 3.48. The van der Waals surface area contributed by atoms with Gasteiger partial charge in [-0.3, -0.25) is 4.79 Å². The van der Waals surface area contributed by atoms with E-state index in [1.807, 2.05) is 0 Å². The summed E-state index contributed by atoms with van der Waals surface area (Å²) in [6.45, 7) is 3.14. The topological polar surface area (TPSA) is 41.1 Å². The summed E-state index contributed by atoms with van der Waals surface area (Å²) in [5.41, 5.74) is 0.402. The first-order valence-electron chi connectivity index (χ1n) is 6.29. The highest BCUT2D eigenvalue weighted by Crippen LogP contribution is 2.58. The fourth-order valence-electron chi connectivity index (χ4n) is 2.89. The number of rotatable bonds is 3. The first-order valence-corrected chi connectivity index (χ1v) is 6.29. The normalized spacial score (nSPS) is 32.7. The van der Waals surface area contributed by atoms with Gasteiger partial charge in [0.2, 0.25) is 5.91 Å². The molecule has 0 aromatic rings. The summed E-state index contributed by atoms with van der Waals surface area (Å²) in [4.78, 5) is 11.9. The van der Waals surface area contributed by atoms with Crippen LogP contribution >= 0.6 is 0 Å². The van der Waals surface area contributed by atoms with Gasteiger partial charge in [0.05, 0.1) is 0 Å². The molecule has 1 atom stereocenters. The van der Waals surface area contributed by atoms with Crippen molar-refractivity contribution in [2.75, 3.05) is 19.6 Å². The van der Waals surface area contributed by atoms with Crippen molar-refractivity contribution < 1.29 is 4.79 Å². The van der Waals surface area contributed by atoms with Gasteiger partial charge >= 0.3 is 0 Å². The van der Waals surface area contributed by atoms with E-state index >= 15 is 0 Å². The molecule has 1 aliphatic heterocycles. The quantitative estimate of drug-likeness (QED) is 0.723. The molecule has 3 fully saturated rings. The number of amides is 1. The third-order valence-corrected chi connectivity index (χ3v) is 4.37. The van der Waals surface area contributed by atoms with E-state index in [4.69, 9.17) is 0 Å². The van der Waals surface area contributed by atoms with Crippen LogP contribution in [0, 0.1) is 17.3 Å². The van der Waals surface area contributed by atoms with Crippen LogP contribution in [0.25, 0.3) is 0 Å². The third-order valence-electron chi connectivity index (χ3n) is 4.37. The van der Waals surface area contributed by atoms with E-state index in [9.17, 15) is 4.79 Å². The molecule has 0 radical (unpaired) electrons. The lowest BCUT2D eigenvalue weighted by atomic mass is 9.92. The van der Waals surface area contributed by atoms with Gasteiger partial charge in [0.15, 0.2) is 0 Å². The molecule has 0 aromatic carbocycles. The van der Waals surface area contributed by atoms with Gasteiger partial charge in [-0.05, 0) is 56.5 Å². The maximum atomic E-state index is 11.9. The van der Waals surface area contributed by atoms with Crippen molar-refractivity contribution in [3.63, 3.8) is 0 Å². The first-order chi connectivity index (χ1) is 7.30. The highest BCUT2D eigenvalue weighted by Gasteiger charge is 2.57. The Morgan fingerprint density at radius 3 is 2.73 bits per heavy atom. The Morgan fingerprint density at radius 1 is 1.33 bits per heavy atom. The lowest BCUT2D eigenvalue weighted by Gasteiger charge is -2.23. The van der Waals surface area contributed by atoms with Gasteiger partial charge < -0.3 is 10.6 Å². The van der Waals surface area contributed by atoms with Gasteiger partial charge in [0.25, 0.3) is 0 Å². The first kappa shape index (κ1) is 9.64. The van der Waals surface area contributed by atoms with Gasteiger partial charge in [-0.2, -0.15) is 0 Å². The molecule has 0 aromatic heterocycles. The van der Waals surface area contributed by atoms with E-state index in [1.54, 1.807) is 0 Å². The van der Waals surface area contributed by atoms with E-state index in [1.165, 1.54) is 25.7 Å². The molecule has 3 aliphatic rings. The zero-order valence-corrected chi connectivity index (χ0v) is 9.22. The molecule has 1 amide bonds. The molecule has 3 nitrogen and oxygen atoms in total. The highest BCUT2D eigenvalue weighted by molar-refractivity contribution is 5.82. The van der Waals surface area contributed by atoms with Gasteiger partial charge in [0, 0.05) is 12.5 Å². The molecule has 2 saturated carbocycles. The zero-order valence-electron chi connectivity index (χ0n) is 9.22. The Kier molecular flexibility index (Phi) is 2.23. The second-order valence-corrected chi connectivity index (χ2v) is 5.56. The molecule has 1 spiro atoms. The lowest BCUT2D eigenvalue weighted by molar-refractivity contribution is -0.123. The van der Waals surface area contributed by atoms with Crippen LogP contribution in [-0.2, 0) is 4.79 Å². The van der Waals surface area contributed by atoms with Crippen LogP contribution in [0.4, 0.5) is 0 Å². The van der Waals surface area contributed by atoms with Crippen LogP contribution in [0.1, 0.15) is 32.1 Å². The monoisotopic (exact) mass is 208 g/mol. The molecular weight excluding hydrogens is 188 g/mol. The van der Waals surface area contributed by atoms with E-state index in [0.29, 0.717) is 17.2 Å². The van der Waals surface area contributed by atoms with Gasteiger partial charge in [-0.15, -0.1) is 0 Å². The van der Waals surface area contributed by atoms with Crippen LogP contribution in [-0.4, -0.2) is 25.5 Å². The maximum absolute atomic E-state index is 11.9. The summed E-state index contributed by atoms with van der Waals surface area (Å²) >= 11 is 0. The SMILES string of the molecule is O=C(NCC1CC1)C1CC12CCNCC2. The number of piperidine rings is 1. The van der Waals surface area contributed by atoms with Crippen molar-refractivity contribution in [1.29, 1.82) is 0 Å². The maximum Gasteiger partial charge on any atom is 0.223 e. The molecule has 15 heavy (non-hydrogen) atoms. The van der Waals surface area contributed by atoms with Crippen LogP contribution in [0.5, 0.6) is 0 Å². The molecule has 1 heterocycles.